The molecule has 3 rings (SSSR count). The lowest BCUT2D eigenvalue weighted by Crippen LogP contribution is -2.53. The molecule has 0 bridgehead atoms. The molecule has 1 fully saturated rings. The number of carbonyl (C=O) groups excluding carboxylic acids is 1. The molecule has 1 atom stereocenters. The second kappa shape index (κ2) is 4.90. The van der Waals surface area contributed by atoms with Crippen LogP contribution in [0.4, 0.5) is 0 Å². The molecule has 0 radical (unpaired) electrons. The first-order valence-electron chi connectivity index (χ1n) is 6.89. The number of likely N-dealkylation sites (N-methyl/N-ethyl adjacent to an activating group) is 1. The SMILES string of the molecule is COc1ccc(C2=N[C@@]3(CCCNC3)N(C)C2=O)cc1. The Hall–Kier alpha value is -1.88. The third-order valence-electron chi connectivity index (χ3n) is 4.15. The normalized spacial score (nSPS) is 26.0. The van der Waals surface area contributed by atoms with Gasteiger partial charge in [0.1, 0.15) is 17.1 Å². The fourth-order valence-electron chi connectivity index (χ4n) is 2.87. The fraction of sp³-hybridized carbons (Fsp3) is 0.467. The predicted molar refractivity (Wildman–Crippen MR) is 77.1 cm³/mol. The molecule has 0 unspecified atom stereocenters. The molecule has 5 heteroatoms. The molecule has 2 aliphatic heterocycles. The van der Waals surface area contributed by atoms with Gasteiger partial charge in [-0.05, 0) is 43.7 Å². The van der Waals surface area contributed by atoms with E-state index in [4.69, 9.17) is 9.73 Å². The average Bonchev–Trinajstić information content (AvgIpc) is 2.74. The number of rotatable bonds is 2. The number of carbonyl (C=O) groups is 1. The first-order chi connectivity index (χ1) is 9.66. The Balaban J connectivity index is 1.95. The van der Waals surface area contributed by atoms with Crippen molar-refractivity contribution in [3.63, 3.8) is 0 Å². The second-order valence-electron chi connectivity index (χ2n) is 5.32. The molecule has 0 aliphatic carbocycles. The average molecular weight is 273 g/mol. The Morgan fingerprint density at radius 3 is 2.70 bits per heavy atom. The van der Waals surface area contributed by atoms with Crippen LogP contribution < -0.4 is 10.1 Å². The van der Waals surface area contributed by atoms with Gasteiger partial charge in [-0.3, -0.25) is 4.79 Å². The van der Waals surface area contributed by atoms with Crippen LogP contribution in [-0.2, 0) is 4.79 Å². The van der Waals surface area contributed by atoms with E-state index in [1.54, 1.807) is 12.0 Å². The van der Waals surface area contributed by atoms with Crippen molar-refractivity contribution < 1.29 is 9.53 Å². The number of hydrogen-bond donors (Lipinski definition) is 1. The van der Waals surface area contributed by atoms with Crippen LogP contribution in [0, 0.1) is 0 Å². The molecule has 2 aliphatic rings. The third kappa shape index (κ3) is 1.98. The first kappa shape index (κ1) is 13.1. The molecule has 106 valence electrons. The Labute approximate surface area is 118 Å². The van der Waals surface area contributed by atoms with Crippen molar-refractivity contribution in [3.8, 4) is 5.75 Å². The van der Waals surface area contributed by atoms with Gasteiger partial charge in [-0.1, -0.05) is 0 Å². The van der Waals surface area contributed by atoms with Crippen molar-refractivity contribution in [3.05, 3.63) is 29.8 Å². The number of ether oxygens (including phenoxy) is 1. The zero-order chi connectivity index (χ0) is 14.2. The number of benzene rings is 1. The van der Waals surface area contributed by atoms with Gasteiger partial charge >= 0.3 is 0 Å². The van der Waals surface area contributed by atoms with Crippen molar-refractivity contribution in [1.29, 1.82) is 0 Å². The maximum Gasteiger partial charge on any atom is 0.274 e. The minimum Gasteiger partial charge on any atom is -0.497 e. The summed E-state index contributed by atoms with van der Waals surface area (Å²) in [5, 5.41) is 3.34. The van der Waals surface area contributed by atoms with E-state index < -0.39 is 5.66 Å². The highest BCUT2D eigenvalue weighted by Crippen LogP contribution is 2.31. The Kier molecular flexibility index (Phi) is 3.22. The number of amides is 1. The van der Waals surface area contributed by atoms with Crippen molar-refractivity contribution in [2.75, 3.05) is 27.2 Å². The number of nitrogens with one attached hydrogen (secondary N) is 1. The van der Waals surface area contributed by atoms with Gasteiger partial charge in [0.15, 0.2) is 0 Å². The quantitative estimate of drug-likeness (QED) is 0.876. The third-order valence-corrected chi connectivity index (χ3v) is 4.15. The summed E-state index contributed by atoms with van der Waals surface area (Å²) in [4.78, 5) is 19.0. The fourth-order valence-corrected chi connectivity index (χ4v) is 2.87. The van der Waals surface area contributed by atoms with E-state index in [1.165, 1.54) is 0 Å². The Morgan fingerprint density at radius 1 is 1.35 bits per heavy atom. The number of hydrogen-bond acceptors (Lipinski definition) is 4. The molecule has 20 heavy (non-hydrogen) atoms. The lowest BCUT2D eigenvalue weighted by atomic mass is 10.00. The molecule has 0 saturated carbocycles. The zero-order valence-electron chi connectivity index (χ0n) is 11.8. The van der Waals surface area contributed by atoms with Crippen LogP contribution in [0.15, 0.2) is 29.3 Å². The molecule has 5 nitrogen and oxygen atoms in total. The summed E-state index contributed by atoms with van der Waals surface area (Å²) in [5.41, 5.74) is 1.01. The minimum atomic E-state index is -0.398. The lowest BCUT2D eigenvalue weighted by molar-refractivity contribution is -0.126. The van der Waals surface area contributed by atoms with E-state index in [-0.39, 0.29) is 5.91 Å². The van der Waals surface area contributed by atoms with Gasteiger partial charge in [0.05, 0.1) is 7.11 Å². The summed E-state index contributed by atoms with van der Waals surface area (Å²) in [5.74, 6) is 0.779. The van der Waals surface area contributed by atoms with E-state index in [1.807, 2.05) is 31.3 Å². The highest BCUT2D eigenvalue weighted by molar-refractivity contribution is 6.46. The van der Waals surface area contributed by atoms with Gasteiger partial charge in [-0.25, -0.2) is 4.99 Å². The highest BCUT2D eigenvalue weighted by Gasteiger charge is 2.45. The van der Waals surface area contributed by atoms with Gasteiger partial charge < -0.3 is 15.0 Å². The van der Waals surface area contributed by atoms with Crippen LogP contribution in [0.1, 0.15) is 18.4 Å². The first-order valence-corrected chi connectivity index (χ1v) is 6.89. The van der Waals surface area contributed by atoms with Crippen LogP contribution >= 0.6 is 0 Å². The van der Waals surface area contributed by atoms with Gasteiger partial charge in [0.25, 0.3) is 5.91 Å². The van der Waals surface area contributed by atoms with E-state index >= 15 is 0 Å². The van der Waals surface area contributed by atoms with E-state index in [2.05, 4.69) is 5.32 Å². The number of nitrogens with zero attached hydrogens (tertiary/aromatic N) is 2. The molecule has 2 heterocycles. The molecule has 1 aromatic carbocycles. The Morgan fingerprint density at radius 2 is 2.10 bits per heavy atom. The summed E-state index contributed by atoms with van der Waals surface area (Å²) >= 11 is 0. The summed E-state index contributed by atoms with van der Waals surface area (Å²) in [6.45, 7) is 1.73. The summed E-state index contributed by atoms with van der Waals surface area (Å²) in [6.07, 6.45) is 1.96. The van der Waals surface area contributed by atoms with E-state index in [0.29, 0.717) is 5.71 Å². The van der Waals surface area contributed by atoms with Crippen molar-refractivity contribution >= 4 is 11.6 Å². The topological polar surface area (TPSA) is 53.9 Å². The lowest BCUT2D eigenvalue weighted by Gasteiger charge is -2.37. The van der Waals surface area contributed by atoms with Crippen LogP contribution in [0.25, 0.3) is 0 Å². The van der Waals surface area contributed by atoms with Crippen LogP contribution in [0.5, 0.6) is 5.75 Å². The molecule has 1 spiro atoms. The smallest absolute Gasteiger partial charge is 0.274 e. The van der Waals surface area contributed by atoms with Crippen LogP contribution in [0.2, 0.25) is 0 Å². The number of piperidine rings is 1. The number of methoxy groups -OCH3 is 1. The number of aliphatic imine (C=N–C) groups is 1. The van der Waals surface area contributed by atoms with Crippen LogP contribution in [0.3, 0.4) is 0 Å². The predicted octanol–water partition coefficient (Wildman–Crippen LogP) is 1.04. The maximum atomic E-state index is 12.5. The molecule has 1 amide bonds. The summed E-state index contributed by atoms with van der Waals surface area (Å²) in [7, 11) is 3.47. The zero-order valence-corrected chi connectivity index (χ0v) is 11.8. The van der Waals surface area contributed by atoms with Gasteiger partial charge in [-0.15, -0.1) is 0 Å². The van der Waals surface area contributed by atoms with Gasteiger partial charge in [0.2, 0.25) is 0 Å². The standard InChI is InChI=1S/C15H19N3O2/c1-18-14(19)13(11-4-6-12(20-2)7-5-11)17-15(18)8-3-9-16-10-15/h4-7,16H,3,8-10H2,1-2H3/t15-/m0/s1. The second-order valence-corrected chi connectivity index (χ2v) is 5.32. The highest BCUT2D eigenvalue weighted by atomic mass is 16.5. The van der Waals surface area contributed by atoms with Crippen molar-refractivity contribution in [2.45, 2.75) is 18.5 Å². The summed E-state index contributed by atoms with van der Waals surface area (Å²) in [6, 6.07) is 7.49. The minimum absolute atomic E-state index is 0.00105. The van der Waals surface area contributed by atoms with Crippen LogP contribution in [-0.4, -0.2) is 49.4 Å². The van der Waals surface area contributed by atoms with Crippen molar-refractivity contribution in [1.82, 2.24) is 10.2 Å². The molecule has 1 N–H and O–H groups in total. The van der Waals surface area contributed by atoms with E-state index in [9.17, 15) is 4.79 Å². The molecule has 1 aromatic rings. The largest absolute Gasteiger partial charge is 0.497 e. The van der Waals surface area contributed by atoms with E-state index in [0.717, 1.165) is 37.2 Å². The molecular weight excluding hydrogens is 254 g/mol. The molecule has 0 aromatic heterocycles. The molecular formula is C15H19N3O2. The monoisotopic (exact) mass is 273 g/mol. The van der Waals surface area contributed by atoms with Gasteiger partial charge in [-0.2, -0.15) is 0 Å². The Bertz CT molecular complexity index is 545. The van der Waals surface area contributed by atoms with Crippen molar-refractivity contribution in [2.24, 2.45) is 4.99 Å². The maximum absolute atomic E-state index is 12.5. The summed E-state index contributed by atoms with van der Waals surface area (Å²) < 4.78 is 5.14. The molecule has 1 saturated heterocycles. The van der Waals surface area contributed by atoms with Gasteiger partial charge in [0, 0.05) is 19.2 Å².